The number of aromatic amines is 1. The standard InChI is InChI=1S/C19H19FN6O2/c20-9-1-4-14-12(5-9)13(7-22-14)17(28)16-15-18(21)23-8-24-19(15)26(25-16)10-2-3-11(27)6-10/h1,4-5,7-8,10-11,17,22,27-28H,2-3,6H2,(H2,21,23,24)/t10-,11-,17?/m1/s1. The number of halogens is 1. The largest absolute Gasteiger partial charge is 0.393 e. The maximum Gasteiger partial charge on any atom is 0.163 e. The third-order valence-corrected chi connectivity index (χ3v) is 5.50. The first-order chi connectivity index (χ1) is 13.5. The second-order valence-electron chi connectivity index (χ2n) is 7.24. The van der Waals surface area contributed by atoms with Gasteiger partial charge in [0, 0.05) is 22.7 Å². The van der Waals surface area contributed by atoms with Crippen molar-refractivity contribution < 1.29 is 14.6 Å². The van der Waals surface area contributed by atoms with Crippen LogP contribution in [0.2, 0.25) is 0 Å². The van der Waals surface area contributed by atoms with Gasteiger partial charge in [0.1, 0.15) is 29.8 Å². The van der Waals surface area contributed by atoms with Gasteiger partial charge in [-0.05, 0) is 37.5 Å². The number of H-pyrrole nitrogens is 1. The van der Waals surface area contributed by atoms with E-state index in [1.807, 2.05) is 0 Å². The van der Waals surface area contributed by atoms with Gasteiger partial charge in [0.25, 0.3) is 0 Å². The number of hydrogen-bond acceptors (Lipinski definition) is 6. The number of hydrogen-bond donors (Lipinski definition) is 4. The van der Waals surface area contributed by atoms with Crippen LogP contribution >= 0.6 is 0 Å². The van der Waals surface area contributed by atoms with E-state index in [-0.39, 0.29) is 18.0 Å². The van der Waals surface area contributed by atoms with E-state index in [2.05, 4.69) is 20.1 Å². The van der Waals surface area contributed by atoms with Crippen LogP contribution in [0.15, 0.2) is 30.7 Å². The number of rotatable bonds is 3. The van der Waals surface area contributed by atoms with Crippen LogP contribution in [-0.2, 0) is 0 Å². The molecule has 144 valence electrons. The zero-order chi connectivity index (χ0) is 19.4. The fourth-order valence-electron chi connectivity index (χ4n) is 4.11. The zero-order valence-corrected chi connectivity index (χ0v) is 14.9. The van der Waals surface area contributed by atoms with Crippen molar-refractivity contribution in [2.45, 2.75) is 37.5 Å². The highest BCUT2D eigenvalue weighted by Gasteiger charge is 2.31. The average molecular weight is 382 g/mol. The van der Waals surface area contributed by atoms with Gasteiger partial charge in [0.15, 0.2) is 5.65 Å². The normalized spacial score (nSPS) is 21.0. The second kappa shape index (κ2) is 6.25. The lowest BCUT2D eigenvalue weighted by atomic mass is 10.0. The number of nitrogens with one attached hydrogen (secondary N) is 1. The summed E-state index contributed by atoms with van der Waals surface area (Å²) in [7, 11) is 0. The monoisotopic (exact) mass is 382 g/mol. The molecule has 1 aliphatic carbocycles. The van der Waals surface area contributed by atoms with E-state index in [9.17, 15) is 14.6 Å². The molecule has 0 radical (unpaired) electrons. The Bertz CT molecular complexity index is 1190. The number of nitrogens with two attached hydrogens (primary N) is 1. The molecule has 0 aliphatic heterocycles. The molecule has 1 aliphatic rings. The summed E-state index contributed by atoms with van der Waals surface area (Å²) in [6.07, 6.45) is 3.49. The molecule has 5 N–H and O–H groups in total. The Labute approximate surface area is 158 Å². The molecule has 3 atom stereocenters. The van der Waals surface area contributed by atoms with Crippen molar-refractivity contribution >= 4 is 27.8 Å². The van der Waals surface area contributed by atoms with Crippen LogP contribution in [-0.4, -0.2) is 41.0 Å². The third-order valence-electron chi connectivity index (χ3n) is 5.50. The number of nitrogens with zero attached hydrogens (tertiary/aromatic N) is 4. The summed E-state index contributed by atoms with van der Waals surface area (Å²) < 4.78 is 15.5. The first-order valence-electron chi connectivity index (χ1n) is 9.14. The molecule has 1 unspecified atom stereocenters. The van der Waals surface area contributed by atoms with E-state index in [1.54, 1.807) is 16.9 Å². The van der Waals surface area contributed by atoms with Crippen molar-refractivity contribution in [3.05, 3.63) is 47.8 Å². The maximum atomic E-state index is 13.7. The van der Waals surface area contributed by atoms with E-state index >= 15 is 0 Å². The summed E-state index contributed by atoms with van der Waals surface area (Å²) in [6.45, 7) is 0. The minimum atomic E-state index is -1.14. The Kier molecular flexibility index (Phi) is 3.81. The predicted molar refractivity (Wildman–Crippen MR) is 101 cm³/mol. The van der Waals surface area contributed by atoms with E-state index in [0.29, 0.717) is 46.0 Å². The van der Waals surface area contributed by atoms with Gasteiger partial charge in [-0.15, -0.1) is 0 Å². The first-order valence-corrected chi connectivity index (χ1v) is 9.14. The number of benzene rings is 1. The highest BCUT2D eigenvalue weighted by molar-refractivity contribution is 5.90. The van der Waals surface area contributed by atoms with Crippen LogP contribution in [0.5, 0.6) is 0 Å². The molecular weight excluding hydrogens is 363 g/mol. The molecule has 3 heterocycles. The molecule has 9 heteroatoms. The van der Waals surface area contributed by atoms with Crippen molar-refractivity contribution in [2.75, 3.05) is 5.73 Å². The van der Waals surface area contributed by atoms with Crippen LogP contribution in [0, 0.1) is 5.82 Å². The van der Waals surface area contributed by atoms with Gasteiger partial charge in [-0.25, -0.2) is 19.0 Å². The highest BCUT2D eigenvalue weighted by Crippen LogP contribution is 2.37. The average Bonchev–Trinajstić information content (AvgIpc) is 3.37. The molecule has 1 fully saturated rings. The summed E-state index contributed by atoms with van der Waals surface area (Å²) in [5, 5.41) is 26.7. The van der Waals surface area contributed by atoms with Crippen LogP contribution < -0.4 is 5.73 Å². The summed E-state index contributed by atoms with van der Waals surface area (Å²) in [6, 6.07) is 4.32. The van der Waals surface area contributed by atoms with Gasteiger partial charge in [-0.2, -0.15) is 5.10 Å². The molecule has 4 aromatic rings. The molecule has 5 rings (SSSR count). The third kappa shape index (κ3) is 2.54. The van der Waals surface area contributed by atoms with Crippen molar-refractivity contribution in [2.24, 2.45) is 0 Å². The maximum absolute atomic E-state index is 13.7. The van der Waals surface area contributed by atoms with E-state index < -0.39 is 11.9 Å². The van der Waals surface area contributed by atoms with Gasteiger partial charge in [0.05, 0.1) is 17.5 Å². The number of aromatic nitrogens is 5. The quantitative estimate of drug-likeness (QED) is 0.430. The number of fused-ring (bicyclic) bond motifs is 2. The molecule has 1 saturated carbocycles. The highest BCUT2D eigenvalue weighted by atomic mass is 19.1. The van der Waals surface area contributed by atoms with Gasteiger partial charge < -0.3 is 20.9 Å². The molecule has 8 nitrogen and oxygen atoms in total. The number of nitrogen functional groups attached to an aromatic ring is 1. The lowest BCUT2D eigenvalue weighted by Gasteiger charge is -2.11. The van der Waals surface area contributed by atoms with Crippen LogP contribution in [0.25, 0.3) is 21.9 Å². The minimum Gasteiger partial charge on any atom is -0.393 e. The Hall–Kier alpha value is -3.04. The molecule has 28 heavy (non-hydrogen) atoms. The van der Waals surface area contributed by atoms with Gasteiger partial charge >= 0.3 is 0 Å². The van der Waals surface area contributed by atoms with Crippen LogP contribution in [0.3, 0.4) is 0 Å². The van der Waals surface area contributed by atoms with Crippen molar-refractivity contribution in [1.82, 2.24) is 24.7 Å². The second-order valence-corrected chi connectivity index (χ2v) is 7.24. The smallest absolute Gasteiger partial charge is 0.163 e. The Balaban J connectivity index is 1.68. The number of aliphatic hydroxyl groups excluding tert-OH is 2. The fraction of sp³-hybridized carbons (Fsp3) is 0.316. The molecule has 0 amide bonds. The van der Waals surface area contributed by atoms with Crippen molar-refractivity contribution in [3.63, 3.8) is 0 Å². The first kappa shape index (κ1) is 17.1. The van der Waals surface area contributed by atoms with E-state index in [1.165, 1.54) is 18.5 Å². The van der Waals surface area contributed by atoms with Crippen LogP contribution in [0.4, 0.5) is 10.2 Å². The Morgan fingerprint density at radius 1 is 1.29 bits per heavy atom. The lowest BCUT2D eigenvalue weighted by Crippen LogP contribution is -2.10. The predicted octanol–water partition coefficient (Wildman–Crippen LogP) is 2.20. The van der Waals surface area contributed by atoms with Crippen molar-refractivity contribution in [1.29, 1.82) is 0 Å². The number of aliphatic hydroxyl groups is 2. The fourth-order valence-corrected chi connectivity index (χ4v) is 4.11. The van der Waals surface area contributed by atoms with Crippen molar-refractivity contribution in [3.8, 4) is 0 Å². The minimum absolute atomic E-state index is 0.0341. The van der Waals surface area contributed by atoms with E-state index in [4.69, 9.17) is 5.73 Å². The Morgan fingerprint density at radius 2 is 2.14 bits per heavy atom. The molecule has 0 saturated heterocycles. The summed E-state index contributed by atoms with van der Waals surface area (Å²) in [4.78, 5) is 11.4. The van der Waals surface area contributed by atoms with Crippen LogP contribution in [0.1, 0.15) is 42.7 Å². The van der Waals surface area contributed by atoms with E-state index in [0.717, 1.165) is 6.42 Å². The molecule has 1 aromatic carbocycles. The zero-order valence-electron chi connectivity index (χ0n) is 14.9. The summed E-state index contributed by atoms with van der Waals surface area (Å²) >= 11 is 0. The van der Waals surface area contributed by atoms with Gasteiger partial charge in [-0.1, -0.05) is 0 Å². The summed E-state index contributed by atoms with van der Waals surface area (Å²) in [5.74, 6) is -0.173. The molecule has 0 spiro atoms. The molecular formula is C19H19FN6O2. The Morgan fingerprint density at radius 3 is 2.93 bits per heavy atom. The van der Waals surface area contributed by atoms with Gasteiger partial charge in [-0.3, -0.25) is 0 Å². The van der Waals surface area contributed by atoms with Gasteiger partial charge in [0.2, 0.25) is 0 Å². The SMILES string of the molecule is Nc1ncnc2c1c(C(O)c1c[nH]c3ccc(F)cc13)nn2[C@@H]1CC[C@@H](O)C1. The topological polar surface area (TPSA) is 126 Å². The molecule has 3 aromatic heterocycles. The lowest BCUT2D eigenvalue weighted by molar-refractivity contribution is 0.177. The summed E-state index contributed by atoms with van der Waals surface area (Å²) in [5.41, 5.74) is 8.14. The molecule has 0 bridgehead atoms. The number of anilines is 1.